The lowest BCUT2D eigenvalue weighted by molar-refractivity contribution is -0.147. The van der Waals surface area contributed by atoms with E-state index in [4.69, 9.17) is 0 Å². The summed E-state index contributed by atoms with van der Waals surface area (Å²) in [6, 6.07) is -0.587. The van der Waals surface area contributed by atoms with Crippen LogP contribution in [0.25, 0.3) is 0 Å². The van der Waals surface area contributed by atoms with Gasteiger partial charge in [0.1, 0.15) is 31.8 Å². The van der Waals surface area contributed by atoms with E-state index in [1.54, 1.807) is 6.92 Å². The molecule has 0 radical (unpaired) electrons. The first-order valence-electron chi connectivity index (χ1n) is 5.03. The standard InChI is InChI=1S/C9H11N5O3/c1-6(14-5-10-4-11-14)9(17)13-2-7(15)12-8(16)3-13/h4-6H,2-3H2,1H3,(H,12,15,16). The van der Waals surface area contributed by atoms with Crippen LogP contribution in [0.4, 0.5) is 0 Å². The molecule has 8 heteroatoms. The van der Waals surface area contributed by atoms with Crippen molar-refractivity contribution in [2.75, 3.05) is 13.1 Å². The summed E-state index contributed by atoms with van der Waals surface area (Å²) >= 11 is 0. The molecule has 1 unspecified atom stereocenters. The van der Waals surface area contributed by atoms with Gasteiger partial charge >= 0.3 is 0 Å². The summed E-state index contributed by atoms with van der Waals surface area (Å²) in [7, 11) is 0. The average molecular weight is 237 g/mol. The van der Waals surface area contributed by atoms with Crippen LogP contribution in [-0.2, 0) is 14.4 Å². The Labute approximate surface area is 96.6 Å². The summed E-state index contributed by atoms with van der Waals surface area (Å²) in [6.45, 7) is 1.42. The van der Waals surface area contributed by atoms with Crippen LogP contribution in [0.2, 0.25) is 0 Å². The summed E-state index contributed by atoms with van der Waals surface area (Å²) < 4.78 is 1.37. The Hall–Kier alpha value is -2.25. The topological polar surface area (TPSA) is 97.2 Å². The van der Waals surface area contributed by atoms with Crippen LogP contribution in [0.3, 0.4) is 0 Å². The molecule has 0 spiro atoms. The number of carbonyl (C=O) groups is 3. The van der Waals surface area contributed by atoms with Crippen molar-refractivity contribution in [1.82, 2.24) is 25.0 Å². The monoisotopic (exact) mass is 237 g/mol. The maximum atomic E-state index is 12.0. The van der Waals surface area contributed by atoms with Crippen molar-refractivity contribution in [3.63, 3.8) is 0 Å². The number of nitrogens with zero attached hydrogens (tertiary/aromatic N) is 4. The number of amides is 3. The number of carbonyl (C=O) groups excluding carboxylic acids is 3. The highest BCUT2D eigenvalue weighted by Crippen LogP contribution is 2.09. The van der Waals surface area contributed by atoms with Crippen molar-refractivity contribution >= 4 is 17.7 Å². The molecule has 0 saturated carbocycles. The molecular weight excluding hydrogens is 226 g/mol. The van der Waals surface area contributed by atoms with E-state index in [2.05, 4.69) is 15.4 Å². The second-order valence-electron chi connectivity index (χ2n) is 3.72. The maximum Gasteiger partial charge on any atom is 0.248 e. The first kappa shape index (κ1) is 11.2. The van der Waals surface area contributed by atoms with E-state index >= 15 is 0 Å². The number of hydrogen-bond donors (Lipinski definition) is 1. The minimum atomic E-state index is -0.587. The molecular formula is C9H11N5O3. The van der Waals surface area contributed by atoms with Gasteiger partial charge in [0.05, 0.1) is 0 Å². The summed E-state index contributed by atoms with van der Waals surface area (Å²) in [5, 5.41) is 5.97. The van der Waals surface area contributed by atoms with Crippen LogP contribution < -0.4 is 5.32 Å². The van der Waals surface area contributed by atoms with Gasteiger partial charge in [-0.2, -0.15) is 5.10 Å². The van der Waals surface area contributed by atoms with E-state index in [0.717, 1.165) is 0 Å². The van der Waals surface area contributed by atoms with Crippen LogP contribution >= 0.6 is 0 Å². The van der Waals surface area contributed by atoms with Gasteiger partial charge in [0, 0.05) is 0 Å². The van der Waals surface area contributed by atoms with Gasteiger partial charge in [-0.25, -0.2) is 9.67 Å². The van der Waals surface area contributed by atoms with Crippen molar-refractivity contribution in [1.29, 1.82) is 0 Å². The fourth-order valence-electron chi connectivity index (χ4n) is 1.59. The molecule has 0 aromatic carbocycles. The summed E-state index contributed by atoms with van der Waals surface area (Å²) in [4.78, 5) is 39.2. The molecule has 17 heavy (non-hydrogen) atoms. The molecule has 1 N–H and O–H groups in total. The van der Waals surface area contributed by atoms with E-state index in [0.29, 0.717) is 0 Å². The first-order chi connectivity index (χ1) is 8.08. The van der Waals surface area contributed by atoms with Crippen molar-refractivity contribution in [2.45, 2.75) is 13.0 Å². The molecule has 90 valence electrons. The number of imide groups is 1. The van der Waals surface area contributed by atoms with E-state index in [9.17, 15) is 14.4 Å². The second-order valence-corrected chi connectivity index (χ2v) is 3.72. The SMILES string of the molecule is CC(C(=O)N1CC(=O)NC(=O)C1)n1cncn1. The fraction of sp³-hybridized carbons (Fsp3) is 0.444. The lowest BCUT2D eigenvalue weighted by atomic mass is 10.2. The van der Waals surface area contributed by atoms with Crippen LogP contribution in [0.1, 0.15) is 13.0 Å². The number of aromatic nitrogens is 3. The Morgan fingerprint density at radius 3 is 2.59 bits per heavy atom. The van der Waals surface area contributed by atoms with Crippen LogP contribution in [0.15, 0.2) is 12.7 Å². The van der Waals surface area contributed by atoms with Gasteiger partial charge in [-0.3, -0.25) is 19.7 Å². The molecule has 2 heterocycles. The van der Waals surface area contributed by atoms with Crippen LogP contribution in [-0.4, -0.2) is 50.5 Å². The highest BCUT2D eigenvalue weighted by molar-refractivity contribution is 6.02. The predicted molar refractivity (Wildman–Crippen MR) is 54.5 cm³/mol. The molecule has 1 atom stereocenters. The minimum absolute atomic E-state index is 0.108. The molecule has 8 nitrogen and oxygen atoms in total. The molecule has 1 aliphatic rings. The summed E-state index contributed by atoms with van der Waals surface area (Å²) in [6.07, 6.45) is 2.73. The van der Waals surface area contributed by atoms with Crippen molar-refractivity contribution in [3.8, 4) is 0 Å². The van der Waals surface area contributed by atoms with E-state index < -0.39 is 17.9 Å². The van der Waals surface area contributed by atoms with Crippen LogP contribution in [0, 0.1) is 0 Å². The van der Waals surface area contributed by atoms with Gasteiger partial charge in [0.2, 0.25) is 17.7 Å². The molecule has 1 aromatic rings. The normalized spacial score (nSPS) is 17.8. The molecule has 0 aliphatic carbocycles. The van der Waals surface area contributed by atoms with Gasteiger partial charge in [-0.15, -0.1) is 0 Å². The van der Waals surface area contributed by atoms with Gasteiger partial charge < -0.3 is 4.90 Å². The highest BCUT2D eigenvalue weighted by atomic mass is 16.2. The van der Waals surface area contributed by atoms with E-state index in [1.807, 2.05) is 0 Å². The third kappa shape index (κ3) is 2.30. The fourth-order valence-corrected chi connectivity index (χ4v) is 1.59. The quantitative estimate of drug-likeness (QED) is 0.620. The van der Waals surface area contributed by atoms with Crippen molar-refractivity contribution in [2.24, 2.45) is 0 Å². The van der Waals surface area contributed by atoms with Crippen molar-refractivity contribution in [3.05, 3.63) is 12.7 Å². The number of rotatable bonds is 2. The maximum absolute atomic E-state index is 12.0. The summed E-state index contributed by atoms with van der Waals surface area (Å²) in [5.74, 6) is -1.28. The van der Waals surface area contributed by atoms with Gasteiger partial charge in [0.25, 0.3) is 0 Å². The minimum Gasteiger partial charge on any atom is -0.322 e. The predicted octanol–water partition coefficient (Wildman–Crippen LogP) is -1.68. The largest absolute Gasteiger partial charge is 0.322 e. The first-order valence-corrected chi connectivity index (χ1v) is 5.03. The number of hydrogen-bond acceptors (Lipinski definition) is 5. The second kappa shape index (κ2) is 4.32. The summed E-state index contributed by atoms with van der Waals surface area (Å²) in [5.41, 5.74) is 0. The van der Waals surface area contributed by atoms with Crippen LogP contribution in [0.5, 0.6) is 0 Å². The third-order valence-electron chi connectivity index (χ3n) is 2.45. The molecule has 3 amide bonds. The lowest BCUT2D eigenvalue weighted by Gasteiger charge is -2.27. The molecule has 0 bridgehead atoms. The average Bonchev–Trinajstić information content (AvgIpc) is 2.79. The third-order valence-corrected chi connectivity index (χ3v) is 2.45. The van der Waals surface area contributed by atoms with Crippen molar-refractivity contribution < 1.29 is 14.4 Å². The Morgan fingerprint density at radius 1 is 1.41 bits per heavy atom. The molecule has 1 fully saturated rings. The van der Waals surface area contributed by atoms with Gasteiger partial charge in [0.15, 0.2) is 0 Å². The van der Waals surface area contributed by atoms with Gasteiger partial charge in [-0.1, -0.05) is 0 Å². The smallest absolute Gasteiger partial charge is 0.248 e. The molecule has 1 aromatic heterocycles. The van der Waals surface area contributed by atoms with E-state index in [-0.39, 0.29) is 19.0 Å². The Balaban J connectivity index is 2.09. The number of nitrogens with one attached hydrogen (secondary N) is 1. The zero-order chi connectivity index (χ0) is 12.4. The zero-order valence-corrected chi connectivity index (χ0v) is 9.16. The molecule has 1 aliphatic heterocycles. The molecule has 2 rings (SSSR count). The Kier molecular flexibility index (Phi) is 2.86. The Morgan fingerprint density at radius 2 is 2.06 bits per heavy atom. The zero-order valence-electron chi connectivity index (χ0n) is 9.16. The van der Waals surface area contributed by atoms with E-state index in [1.165, 1.54) is 22.2 Å². The molecule has 1 saturated heterocycles. The number of piperazine rings is 1. The Bertz CT molecular complexity index is 439. The lowest BCUT2D eigenvalue weighted by Crippen LogP contribution is -2.54. The highest BCUT2D eigenvalue weighted by Gasteiger charge is 2.30. The van der Waals surface area contributed by atoms with Gasteiger partial charge in [-0.05, 0) is 6.92 Å².